The number of alkyl halides is 6. The summed E-state index contributed by atoms with van der Waals surface area (Å²) in [6.07, 6.45) is -9.93. The highest BCUT2D eigenvalue weighted by molar-refractivity contribution is 5.87. The molecule has 0 aliphatic rings. The van der Waals surface area contributed by atoms with Gasteiger partial charge in [-0.05, 0) is 37.3 Å². The number of carbonyl (C=O) groups is 1. The van der Waals surface area contributed by atoms with E-state index >= 15 is 0 Å². The van der Waals surface area contributed by atoms with Gasteiger partial charge < -0.3 is 9.15 Å². The molecule has 0 saturated carbocycles. The molecule has 1 heterocycles. The van der Waals surface area contributed by atoms with Gasteiger partial charge in [-0.15, -0.1) is 0 Å². The molecule has 130 valence electrons. The fraction of sp³-hybridized carbons (Fsp3) is 0.267. The number of hydrogen-bond acceptors (Lipinski definition) is 3. The van der Waals surface area contributed by atoms with E-state index in [2.05, 4.69) is 4.74 Å². The molecule has 0 atom stereocenters. The highest BCUT2D eigenvalue weighted by atomic mass is 19.4. The third kappa shape index (κ3) is 3.90. The average Bonchev–Trinajstić information content (AvgIpc) is 2.95. The number of esters is 1. The topological polar surface area (TPSA) is 39.4 Å². The molecular weight excluding hydrogens is 342 g/mol. The van der Waals surface area contributed by atoms with Crippen molar-refractivity contribution in [3.05, 3.63) is 47.2 Å². The number of rotatable bonds is 3. The molecule has 0 unspecified atom stereocenters. The van der Waals surface area contributed by atoms with Crippen molar-refractivity contribution in [3.8, 4) is 11.3 Å². The number of furan rings is 1. The second-order valence-corrected chi connectivity index (χ2v) is 4.68. The van der Waals surface area contributed by atoms with E-state index in [1.54, 1.807) is 0 Å². The van der Waals surface area contributed by atoms with E-state index in [1.807, 2.05) is 0 Å². The predicted octanol–water partition coefficient (Wildman–Crippen LogP) is 5.16. The molecule has 0 aliphatic heterocycles. The molecule has 0 saturated heterocycles. The summed E-state index contributed by atoms with van der Waals surface area (Å²) in [6.45, 7) is 1.57. The van der Waals surface area contributed by atoms with Gasteiger partial charge in [0, 0.05) is 5.56 Å². The van der Waals surface area contributed by atoms with Crippen LogP contribution in [0.25, 0.3) is 11.3 Å². The number of hydrogen-bond donors (Lipinski definition) is 0. The lowest BCUT2D eigenvalue weighted by atomic mass is 10.0. The lowest BCUT2D eigenvalue weighted by Crippen LogP contribution is -2.11. The van der Waals surface area contributed by atoms with Gasteiger partial charge in [-0.3, -0.25) is 0 Å². The molecule has 2 aromatic rings. The Labute approximate surface area is 131 Å². The molecule has 9 heteroatoms. The largest absolute Gasteiger partial charge is 0.460 e. The molecule has 3 nitrogen and oxygen atoms in total. The van der Waals surface area contributed by atoms with E-state index in [0.29, 0.717) is 12.1 Å². The van der Waals surface area contributed by atoms with Gasteiger partial charge in [0.2, 0.25) is 5.76 Å². The van der Waals surface area contributed by atoms with E-state index in [9.17, 15) is 31.1 Å². The quantitative estimate of drug-likeness (QED) is 0.566. The van der Waals surface area contributed by atoms with Crippen LogP contribution >= 0.6 is 0 Å². The Bertz CT molecular complexity index is 710. The summed E-state index contributed by atoms with van der Waals surface area (Å²) in [6, 6.07) is 3.26. The SMILES string of the molecule is CCOC(=O)c1ccc(-c2cc(C(F)(F)F)cc(C(F)(F)F)c2)o1. The minimum Gasteiger partial charge on any atom is -0.460 e. The van der Waals surface area contributed by atoms with Gasteiger partial charge in [0.05, 0.1) is 17.7 Å². The lowest BCUT2D eigenvalue weighted by Gasteiger charge is -2.13. The zero-order valence-electron chi connectivity index (χ0n) is 12.1. The lowest BCUT2D eigenvalue weighted by molar-refractivity contribution is -0.143. The maximum Gasteiger partial charge on any atom is 0.416 e. The summed E-state index contributed by atoms with van der Waals surface area (Å²) in [5.41, 5.74) is -3.39. The van der Waals surface area contributed by atoms with Crippen molar-refractivity contribution in [2.75, 3.05) is 6.61 Å². The molecule has 0 N–H and O–H groups in total. The van der Waals surface area contributed by atoms with Crippen molar-refractivity contribution in [2.24, 2.45) is 0 Å². The molecule has 0 fully saturated rings. The number of ether oxygens (including phenoxy) is 1. The highest BCUT2D eigenvalue weighted by Gasteiger charge is 2.37. The molecule has 0 radical (unpaired) electrons. The molecule has 1 aromatic heterocycles. The summed E-state index contributed by atoms with van der Waals surface area (Å²) in [5, 5.41) is 0. The van der Waals surface area contributed by atoms with E-state index in [4.69, 9.17) is 4.42 Å². The zero-order valence-corrected chi connectivity index (χ0v) is 12.1. The van der Waals surface area contributed by atoms with Gasteiger partial charge in [-0.25, -0.2) is 4.79 Å². The molecule has 1 aromatic carbocycles. The predicted molar refractivity (Wildman–Crippen MR) is 70.1 cm³/mol. The first kappa shape index (κ1) is 17.9. The molecule has 0 aliphatic carbocycles. The fourth-order valence-electron chi connectivity index (χ4n) is 1.90. The highest BCUT2D eigenvalue weighted by Crippen LogP contribution is 2.38. The molecule has 0 spiro atoms. The Morgan fingerprint density at radius 1 is 1.00 bits per heavy atom. The van der Waals surface area contributed by atoms with Gasteiger partial charge in [0.25, 0.3) is 0 Å². The Morgan fingerprint density at radius 3 is 2.00 bits per heavy atom. The van der Waals surface area contributed by atoms with E-state index in [0.717, 1.165) is 12.1 Å². The zero-order chi connectivity index (χ0) is 18.1. The number of halogens is 6. The fourth-order valence-corrected chi connectivity index (χ4v) is 1.90. The Morgan fingerprint density at radius 2 is 1.54 bits per heavy atom. The first-order valence-corrected chi connectivity index (χ1v) is 6.59. The number of benzene rings is 1. The van der Waals surface area contributed by atoms with Crippen LogP contribution in [0, 0.1) is 0 Å². The van der Waals surface area contributed by atoms with Crippen molar-refractivity contribution in [3.63, 3.8) is 0 Å². The van der Waals surface area contributed by atoms with Gasteiger partial charge in [-0.1, -0.05) is 0 Å². The average molecular weight is 352 g/mol. The second kappa shape index (κ2) is 6.21. The van der Waals surface area contributed by atoms with E-state index in [-0.39, 0.29) is 24.2 Å². The minimum atomic E-state index is -4.97. The molecule has 0 bridgehead atoms. The van der Waals surface area contributed by atoms with Crippen LogP contribution in [-0.2, 0) is 17.1 Å². The van der Waals surface area contributed by atoms with Crippen molar-refractivity contribution in [1.29, 1.82) is 0 Å². The van der Waals surface area contributed by atoms with Gasteiger partial charge in [0.15, 0.2) is 0 Å². The van der Waals surface area contributed by atoms with Crippen LogP contribution in [0.5, 0.6) is 0 Å². The smallest absolute Gasteiger partial charge is 0.416 e. The van der Waals surface area contributed by atoms with E-state index in [1.165, 1.54) is 6.92 Å². The summed E-state index contributed by atoms with van der Waals surface area (Å²) >= 11 is 0. The van der Waals surface area contributed by atoms with Crippen LogP contribution in [0.2, 0.25) is 0 Å². The van der Waals surface area contributed by atoms with Crippen LogP contribution in [0.15, 0.2) is 34.7 Å². The normalized spacial score (nSPS) is 12.3. The van der Waals surface area contributed by atoms with E-state index < -0.39 is 35.0 Å². The first-order chi connectivity index (χ1) is 11.0. The van der Waals surface area contributed by atoms with Crippen molar-refractivity contribution in [1.82, 2.24) is 0 Å². The van der Waals surface area contributed by atoms with Crippen LogP contribution in [-0.4, -0.2) is 12.6 Å². The van der Waals surface area contributed by atoms with Crippen LogP contribution in [0.3, 0.4) is 0 Å². The van der Waals surface area contributed by atoms with Gasteiger partial charge in [0.1, 0.15) is 5.76 Å². The Kier molecular flexibility index (Phi) is 4.63. The summed E-state index contributed by atoms with van der Waals surface area (Å²) < 4.78 is 86.5. The van der Waals surface area contributed by atoms with Gasteiger partial charge in [-0.2, -0.15) is 26.3 Å². The summed E-state index contributed by atoms with van der Waals surface area (Å²) in [7, 11) is 0. The molecule has 0 amide bonds. The Hall–Kier alpha value is -2.45. The molecule has 2 rings (SSSR count). The Balaban J connectivity index is 2.52. The summed E-state index contributed by atoms with van der Waals surface area (Å²) in [4.78, 5) is 11.5. The second-order valence-electron chi connectivity index (χ2n) is 4.68. The maximum atomic E-state index is 12.8. The van der Waals surface area contributed by atoms with Crippen LogP contribution in [0.4, 0.5) is 26.3 Å². The standard InChI is InChI=1S/C15H10F6O3/c1-2-23-13(22)12-4-3-11(24-12)8-5-9(14(16,17)18)7-10(6-8)15(19,20)21/h3-7H,2H2,1H3. The van der Waals surface area contributed by atoms with Crippen molar-refractivity contribution in [2.45, 2.75) is 19.3 Å². The third-order valence-electron chi connectivity index (χ3n) is 2.95. The summed E-state index contributed by atoms with van der Waals surface area (Å²) in [5.74, 6) is -1.50. The van der Waals surface area contributed by atoms with Crippen molar-refractivity contribution < 1.29 is 40.3 Å². The first-order valence-electron chi connectivity index (χ1n) is 6.59. The number of carbonyl (C=O) groups excluding carboxylic acids is 1. The van der Waals surface area contributed by atoms with Crippen molar-refractivity contribution >= 4 is 5.97 Å². The van der Waals surface area contributed by atoms with Crippen LogP contribution in [0.1, 0.15) is 28.6 Å². The molecule has 24 heavy (non-hydrogen) atoms. The van der Waals surface area contributed by atoms with Gasteiger partial charge >= 0.3 is 18.3 Å². The monoisotopic (exact) mass is 352 g/mol. The minimum absolute atomic E-state index is 0.0126. The maximum absolute atomic E-state index is 12.8. The molecular formula is C15H10F6O3. The third-order valence-corrected chi connectivity index (χ3v) is 2.95. The van der Waals surface area contributed by atoms with Crippen LogP contribution < -0.4 is 0 Å².